The van der Waals surface area contributed by atoms with E-state index in [0.717, 1.165) is 10.4 Å². The molecule has 0 fully saturated rings. The average molecular weight is 364 g/mol. The molecule has 0 radical (unpaired) electrons. The maximum Gasteiger partial charge on any atom is 0.341 e. The molecular formula is C14H22ClN3O4S. The second-order valence-electron chi connectivity index (χ2n) is 4.44. The zero-order valence-corrected chi connectivity index (χ0v) is 15.0. The lowest BCUT2D eigenvalue weighted by Crippen LogP contribution is -2.36. The van der Waals surface area contributed by atoms with Crippen LogP contribution >= 0.6 is 23.7 Å². The molecule has 0 saturated heterocycles. The maximum absolute atomic E-state index is 12.1. The second kappa shape index (κ2) is 10.2. The van der Waals surface area contributed by atoms with Crippen molar-refractivity contribution in [2.45, 2.75) is 27.2 Å². The fraction of sp³-hybridized carbons (Fsp3) is 0.500. The molecular weight excluding hydrogens is 342 g/mol. The van der Waals surface area contributed by atoms with E-state index < -0.39 is 17.8 Å². The Hall–Kier alpha value is -1.64. The van der Waals surface area contributed by atoms with Crippen LogP contribution in [0.5, 0.6) is 0 Å². The van der Waals surface area contributed by atoms with E-state index in [1.807, 2.05) is 13.8 Å². The van der Waals surface area contributed by atoms with Crippen LogP contribution in [0.4, 0.5) is 5.00 Å². The van der Waals surface area contributed by atoms with Crippen molar-refractivity contribution < 1.29 is 19.1 Å². The Kier molecular flexibility index (Phi) is 9.47. The fourth-order valence-corrected chi connectivity index (χ4v) is 3.08. The van der Waals surface area contributed by atoms with Crippen LogP contribution in [0.1, 0.15) is 34.6 Å². The summed E-state index contributed by atoms with van der Waals surface area (Å²) in [5, 5.41) is 5.47. The molecule has 0 aliphatic heterocycles. The summed E-state index contributed by atoms with van der Waals surface area (Å²) in [7, 11) is 0. The third-order valence-electron chi connectivity index (χ3n) is 2.93. The first kappa shape index (κ1) is 21.4. The van der Waals surface area contributed by atoms with Gasteiger partial charge in [0.1, 0.15) is 5.00 Å². The second-order valence-corrected chi connectivity index (χ2v) is 5.67. The average Bonchev–Trinajstić information content (AvgIpc) is 2.80. The molecule has 2 amide bonds. The van der Waals surface area contributed by atoms with Gasteiger partial charge < -0.3 is 21.1 Å². The number of thiophene rings is 1. The number of ether oxygens (including phenoxy) is 1. The first-order valence-electron chi connectivity index (χ1n) is 7.00. The van der Waals surface area contributed by atoms with Crippen molar-refractivity contribution >= 4 is 46.5 Å². The summed E-state index contributed by atoms with van der Waals surface area (Å²) in [6.07, 6.45) is 0.663. The zero-order chi connectivity index (χ0) is 16.7. The molecule has 0 saturated carbocycles. The van der Waals surface area contributed by atoms with Crippen LogP contribution in [-0.4, -0.2) is 37.5 Å². The highest BCUT2D eigenvalue weighted by Gasteiger charge is 2.23. The van der Waals surface area contributed by atoms with Gasteiger partial charge in [-0.15, -0.1) is 23.7 Å². The van der Waals surface area contributed by atoms with Gasteiger partial charge in [-0.05, 0) is 25.8 Å². The van der Waals surface area contributed by atoms with Crippen molar-refractivity contribution in [2.75, 3.05) is 25.0 Å². The van der Waals surface area contributed by atoms with E-state index in [1.165, 1.54) is 11.3 Å². The Bertz CT molecular complexity index is 575. The van der Waals surface area contributed by atoms with Crippen molar-refractivity contribution in [3.05, 3.63) is 16.0 Å². The molecule has 0 bridgehead atoms. The molecule has 7 nitrogen and oxygen atoms in total. The normalized spacial score (nSPS) is 9.74. The predicted molar refractivity (Wildman–Crippen MR) is 92.3 cm³/mol. The Labute approximate surface area is 145 Å². The fourth-order valence-electron chi connectivity index (χ4n) is 1.93. The largest absolute Gasteiger partial charge is 0.462 e. The van der Waals surface area contributed by atoms with Crippen LogP contribution in [0, 0.1) is 6.92 Å². The van der Waals surface area contributed by atoms with Crippen LogP contribution in [0.3, 0.4) is 0 Å². The molecule has 0 atom stereocenters. The number of hydrogen-bond donors (Lipinski definition) is 3. The van der Waals surface area contributed by atoms with E-state index in [1.54, 1.807) is 6.92 Å². The van der Waals surface area contributed by atoms with Crippen LogP contribution in [0.2, 0.25) is 0 Å². The highest BCUT2D eigenvalue weighted by atomic mass is 35.5. The lowest BCUT2D eigenvalue weighted by Gasteiger charge is -2.08. The lowest BCUT2D eigenvalue weighted by atomic mass is 10.1. The number of aryl methyl sites for hydroxylation is 1. The molecule has 0 unspecified atom stereocenters. The number of esters is 1. The number of anilines is 1. The summed E-state index contributed by atoms with van der Waals surface area (Å²) >= 11 is 1.32. The molecule has 1 aromatic heterocycles. The van der Waals surface area contributed by atoms with Gasteiger partial charge in [0.2, 0.25) is 11.8 Å². The molecule has 0 aliphatic carbocycles. The molecule has 0 spiro atoms. The molecule has 23 heavy (non-hydrogen) atoms. The monoisotopic (exact) mass is 363 g/mol. The van der Waals surface area contributed by atoms with E-state index in [0.29, 0.717) is 17.0 Å². The van der Waals surface area contributed by atoms with Crippen molar-refractivity contribution in [1.82, 2.24) is 5.32 Å². The van der Waals surface area contributed by atoms with Crippen molar-refractivity contribution in [3.8, 4) is 0 Å². The number of carbonyl (C=O) groups is 3. The third kappa shape index (κ3) is 5.81. The summed E-state index contributed by atoms with van der Waals surface area (Å²) < 4.78 is 5.05. The highest BCUT2D eigenvalue weighted by molar-refractivity contribution is 7.16. The van der Waals surface area contributed by atoms with Crippen LogP contribution < -0.4 is 16.4 Å². The van der Waals surface area contributed by atoms with E-state index in [-0.39, 0.29) is 32.1 Å². The first-order chi connectivity index (χ1) is 10.4. The zero-order valence-electron chi connectivity index (χ0n) is 13.4. The standard InChI is InChI=1S/C14H21N3O4S.ClH/c1-4-9-8(3)22-13(12(9)14(20)21-5-2)17-11(19)7-16-10(18)6-15;/h4-7,15H2,1-3H3,(H,16,18)(H,17,19);1H. The van der Waals surface area contributed by atoms with E-state index in [4.69, 9.17) is 10.5 Å². The molecule has 4 N–H and O–H groups in total. The molecule has 1 aromatic rings. The molecule has 0 aliphatic rings. The van der Waals surface area contributed by atoms with Crippen molar-refractivity contribution in [2.24, 2.45) is 5.73 Å². The number of halogens is 1. The van der Waals surface area contributed by atoms with Crippen molar-refractivity contribution in [1.29, 1.82) is 0 Å². The van der Waals surface area contributed by atoms with Gasteiger partial charge in [0, 0.05) is 4.88 Å². The molecule has 1 rings (SSSR count). The van der Waals surface area contributed by atoms with Crippen LogP contribution in [0.15, 0.2) is 0 Å². The van der Waals surface area contributed by atoms with Gasteiger partial charge in [-0.3, -0.25) is 9.59 Å². The number of hydrogen-bond acceptors (Lipinski definition) is 6. The Morgan fingerprint density at radius 3 is 2.39 bits per heavy atom. The van der Waals surface area contributed by atoms with Gasteiger partial charge in [-0.25, -0.2) is 4.79 Å². The summed E-state index contributed by atoms with van der Waals surface area (Å²) in [5.41, 5.74) is 6.41. The molecule has 1 heterocycles. The minimum absolute atomic E-state index is 0. The van der Waals surface area contributed by atoms with Gasteiger partial charge in [0.05, 0.1) is 25.3 Å². The topological polar surface area (TPSA) is 111 Å². The number of rotatable bonds is 7. The molecule has 130 valence electrons. The van der Waals surface area contributed by atoms with E-state index in [9.17, 15) is 14.4 Å². The van der Waals surface area contributed by atoms with Crippen LogP contribution in [-0.2, 0) is 20.7 Å². The lowest BCUT2D eigenvalue weighted by molar-refractivity contribution is -0.123. The predicted octanol–water partition coefficient (Wildman–Crippen LogP) is 1.23. The number of amides is 2. The van der Waals surface area contributed by atoms with Gasteiger partial charge >= 0.3 is 5.97 Å². The minimum Gasteiger partial charge on any atom is -0.462 e. The molecule has 9 heteroatoms. The minimum atomic E-state index is -0.454. The number of nitrogens with one attached hydrogen (secondary N) is 2. The molecule has 0 aromatic carbocycles. The first-order valence-corrected chi connectivity index (χ1v) is 7.82. The van der Waals surface area contributed by atoms with Crippen LogP contribution in [0.25, 0.3) is 0 Å². The van der Waals surface area contributed by atoms with Gasteiger partial charge in [-0.2, -0.15) is 0 Å². The smallest absolute Gasteiger partial charge is 0.341 e. The number of carbonyl (C=O) groups excluding carboxylic acids is 3. The highest BCUT2D eigenvalue weighted by Crippen LogP contribution is 2.34. The van der Waals surface area contributed by atoms with Gasteiger partial charge in [0.15, 0.2) is 0 Å². The Morgan fingerprint density at radius 2 is 1.87 bits per heavy atom. The third-order valence-corrected chi connectivity index (χ3v) is 3.99. The van der Waals surface area contributed by atoms with E-state index >= 15 is 0 Å². The summed E-state index contributed by atoms with van der Waals surface area (Å²) in [5.74, 6) is -1.29. The SMILES string of the molecule is CCOC(=O)c1c(NC(=O)CNC(=O)CN)sc(C)c1CC.Cl. The van der Waals surface area contributed by atoms with Gasteiger partial charge in [-0.1, -0.05) is 6.92 Å². The maximum atomic E-state index is 12.1. The van der Waals surface area contributed by atoms with E-state index in [2.05, 4.69) is 10.6 Å². The Balaban J connectivity index is 0.00000484. The summed E-state index contributed by atoms with van der Waals surface area (Å²) in [6, 6.07) is 0. The van der Waals surface area contributed by atoms with Gasteiger partial charge in [0.25, 0.3) is 0 Å². The number of nitrogens with two attached hydrogens (primary N) is 1. The van der Waals surface area contributed by atoms with Crippen molar-refractivity contribution in [3.63, 3.8) is 0 Å². The quantitative estimate of drug-likeness (QED) is 0.631. The summed E-state index contributed by atoms with van der Waals surface area (Å²) in [6.45, 7) is 5.43. The Morgan fingerprint density at radius 1 is 1.22 bits per heavy atom. The summed E-state index contributed by atoms with van der Waals surface area (Å²) in [4.78, 5) is 36.0.